The van der Waals surface area contributed by atoms with Crippen molar-refractivity contribution >= 4 is 11.8 Å². The van der Waals surface area contributed by atoms with E-state index < -0.39 is 11.8 Å². The van der Waals surface area contributed by atoms with Gasteiger partial charge in [-0.25, -0.2) is 0 Å². The van der Waals surface area contributed by atoms with Crippen molar-refractivity contribution in [2.75, 3.05) is 0 Å². The Morgan fingerprint density at radius 2 is 2.29 bits per heavy atom. The molecule has 0 fully saturated rings. The minimum absolute atomic E-state index is 0.0578. The molecule has 1 aromatic heterocycles. The molecule has 1 rings (SSSR count). The highest BCUT2D eigenvalue weighted by Crippen LogP contribution is 2.13. The molecule has 2 amide bonds. The summed E-state index contributed by atoms with van der Waals surface area (Å²) in [6, 6.07) is 0. The number of nitrogens with two attached hydrogens (primary N) is 1. The zero-order valence-corrected chi connectivity index (χ0v) is 7.31. The van der Waals surface area contributed by atoms with Crippen LogP contribution in [0.25, 0.3) is 10.4 Å². The van der Waals surface area contributed by atoms with Gasteiger partial charge < -0.3 is 10.7 Å². The van der Waals surface area contributed by atoms with Gasteiger partial charge in [-0.2, -0.15) is 0 Å². The number of primary amides is 1. The first-order chi connectivity index (χ1) is 6.57. The fourth-order valence-electron chi connectivity index (χ4n) is 1.10. The van der Waals surface area contributed by atoms with E-state index in [1.807, 2.05) is 0 Å². The van der Waals surface area contributed by atoms with Crippen LogP contribution in [0, 0.1) is 6.92 Å². The molecule has 0 aliphatic rings. The number of carbonyl (C=O) groups excluding carboxylic acids is 2. The van der Waals surface area contributed by atoms with Gasteiger partial charge in [0.2, 0.25) is 0 Å². The molecule has 0 radical (unpaired) electrons. The summed E-state index contributed by atoms with van der Waals surface area (Å²) >= 11 is 0. The molecule has 0 spiro atoms. The normalized spacial score (nSPS) is 9.21. The van der Waals surface area contributed by atoms with Crippen LogP contribution in [0.3, 0.4) is 0 Å². The summed E-state index contributed by atoms with van der Waals surface area (Å²) in [5.74, 6) is -1.59. The topological polar surface area (TPSA) is 125 Å². The van der Waals surface area contributed by atoms with Crippen molar-refractivity contribution in [3.63, 3.8) is 0 Å². The highest BCUT2D eigenvalue weighted by Gasteiger charge is 2.18. The first kappa shape index (κ1) is 9.82. The third kappa shape index (κ3) is 1.57. The van der Waals surface area contributed by atoms with Crippen LogP contribution in [-0.4, -0.2) is 16.8 Å². The molecule has 0 saturated heterocycles. The fourth-order valence-corrected chi connectivity index (χ4v) is 1.10. The van der Waals surface area contributed by atoms with Gasteiger partial charge >= 0.3 is 0 Å². The summed E-state index contributed by atoms with van der Waals surface area (Å²) in [4.78, 5) is 26.9. The van der Waals surface area contributed by atoms with Gasteiger partial charge in [-0.1, -0.05) is 0 Å². The van der Waals surface area contributed by atoms with E-state index in [1.165, 1.54) is 6.20 Å². The van der Waals surface area contributed by atoms with Crippen molar-refractivity contribution in [3.8, 4) is 0 Å². The second-order valence-electron chi connectivity index (χ2n) is 2.58. The molecule has 3 N–H and O–H groups in total. The minimum atomic E-state index is -0.852. The first-order valence-corrected chi connectivity index (χ1v) is 3.65. The van der Waals surface area contributed by atoms with Gasteiger partial charge in [0.05, 0.1) is 5.56 Å². The predicted octanol–water partition coefficient (Wildman–Crippen LogP) is 0.873. The third-order valence-electron chi connectivity index (χ3n) is 1.67. The second kappa shape index (κ2) is 3.63. The Hall–Kier alpha value is -2.27. The summed E-state index contributed by atoms with van der Waals surface area (Å²) in [7, 11) is 0. The number of amides is 2. The number of aromatic amines is 1. The summed E-state index contributed by atoms with van der Waals surface area (Å²) in [6.45, 7) is 1.61. The maximum Gasteiger partial charge on any atom is 0.266 e. The molecule has 0 saturated carbocycles. The van der Waals surface area contributed by atoms with E-state index in [2.05, 4.69) is 15.0 Å². The van der Waals surface area contributed by atoms with Gasteiger partial charge in [0, 0.05) is 11.1 Å². The number of azide groups is 1. The van der Waals surface area contributed by atoms with Crippen LogP contribution in [0.2, 0.25) is 0 Å². The maximum atomic E-state index is 11.1. The number of aryl methyl sites for hydroxylation is 1. The predicted molar refractivity (Wildman–Crippen MR) is 47.5 cm³/mol. The number of nitrogens with one attached hydrogen (secondary N) is 1. The molecule has 0 aliphatic carbocycles. The zero-order chi connectivity index (χ0) is 10.7. The Morgan fingerprint density at radius 3 is 2.79 bits per heavy atom. The average molecular weight is 193 g/mol. The molecule has 1 heterocycles. The fraction of sp³-hybridized carbons (Fsp3) is 0.143. The summed E-state index contributed by atoms with van der Waals surface area (Å²) in [6.07, 6.45) is 1.44. The van der Waals surface area contributed by atoms with Gasteiger partial charge in [0.15, 0.2) is 0 Å². The number of hydrogen-bond donors (Lipinski definition) is 2. The Bertz CT molecular complexity index is 441. The van der Waals surface area contributed by atoms with Crippen molar-refractivity contribution in [1.82, 2.24) is 4.98 Å². The summed E-state index contributed by atoms with van der Waals surface area (Å²) in [5, 5.41) is 2.85. The van der Waals surface area contributed by atoms with E-state index in [1.54, 1.807) is 6.92 Å². The molecular formula is C7H7N5O2. The van der Waals surface area contributed by atoms with Crippen LogP contribution >= 0.6 is 0 Å². The Labute approximate surface area is 78.5 Å². The van der Waals surface area contributed by atoms with E-state index in [-0.39, 0.29) is 11.3 Å². The van der Waals surface area contributed by atoms with Gasteiger partial charge in [-0.15, -0.1) is 0 Å². The molecule has 0 atom stereocenters. The van der Waals surface area contributed by atoms with Crippen LogP contribution in [0.5, 0.6) is 0 Å². The molecule has 14 heavy (non-hydrogen) atoms. The number of H-pyrrole nitrogens is 1. The Morgan fingerprint density at radius 1 is 1.64 bits per heavy atom. The van der Waals surface area contributed by atoms with Crippen molar-refractivity contribution in [2.45, 2.75) is 6.92 Å². The number of nitrogens with zero attached hydrogens (tertiary/aromatic N) is 3. The molecule has 72 valence electrons. The standard InChI is InChI=1S/C7H7N5O2/c1-3-2-10-5(4(3)6(8)13)7(14)11-12-9/h2,10H,1H3,(H2,8,13). The number of hydrogen-bond acceptors (Lipinski definition) is 2. The summed E-state index contributed by atoms with van der Waals surface area (Å²) < 4.78 is 0. The maximum absolute atomic E-state index is 11.1. The van der Waals surface area contributed by atoms with Crippen molar-refractivity contribution in [1.29, 1.82) is 0 Å². The molecule has 0 aromatic carbocycles. The Balaban J connectivity index is 3.28. The highest BCUT2D eigenvalue weighted by atomic mass is 16.2. The number of rotatable bonds is 2. The van der Waals surface area contributed by atoms with E-state index in [0.717, 1.165) is 0 Å². The SMILES string of the molecule is Cc1c[nH]c(C(=O)N=[N+]=[N-])c1C(N)=O. The van der Waals surface area contributed by atoms with Crippen molar-refractivity contribution in [2.24, 2.45) is 10.8 Å². The minimum Gasteiger partial charge on any atom is -0.366 e. The smallest absolute Gasteiger partial charge is 0.266 e. The summed E-state index contributed by atoms with van der Waals surface area (Å²) in [5.41, 5.74) is 13.6. The van der Waals surface area contributed by atoms with Crippen LogP contribution in [0.4, 0.5) is 0 Å². The van der Waals surface area contributed by atoms with Crippen LogP contribution in [0.15, 0.2) is 11.3 Å². The largest absolute Gasteiger partial charge is 0.366 e. The van der Waals surface area contributed by atoms with Crippen molar-refractivity contribution < 1.29 is 9.59 Å². The monoisotopic (exact) mass is 193 g/mol. The molecule has 7 nitrogen and oxygen atoms in total. The van der Waals surface area contributed by atoms with Gasteiger partial charge in [0.25, 0.3) is 11.8 Å². The van der Waals surface area contributed by atoms with E-state index in [0.29, 0.717) is 5.56 Å². The number of aromatic nitrogens is 1. The Kier molecular flexibility index (Phi) is 2.54. The van der Waals surface area contributed by atoms with E-state index in [4.69, 9.17) is 11.3 Å². The highest BCUT2D eigenvalue weighted by molar-refractivity contribution is 6.06. The van der Waals surface area contributed by atoms with E-state index in [9.17, 15) is 9.59 Å². The van der Waals surface area contributed by atoms with E-state index >= 15 is 0 Å². The van der Waals surface area contributed by atoms with Gasteiger partial charge in [-0.05, 0) is 23.1 Å². The average Bonchev–Trinajstić information content (AvgIpc) is 2.47. The number of carbonyl (C=O) groups is 2. The molecular weight excluding hydrogens is 186 g/mol. The zero-order valence-electron chi connectivity index (χ0n) is 7.31. The quantitative estimate of drug-likeness (QED) is 0.410. The molecule has 1 aromatic rings. The second-order valence-corrected chi connectivity index (χ2v) is 2.58. The van der Waals surface area contributed by atoms with Crippen LogP contribution in [0.1, 0.15) is 26.4 Å². The van der Waals surface area contributed by atoms with Gasteiger partial charge in [0.1, 0.15) is 5.69 Å². The molecule has 7 heteroatoms. The lowest BCUT2D eigenvalue weighted by atomic mass is 10.1. The molecule has 0 unspecified atom stereocenters. The lowest BCUT2D eigenvalue weighted by Gasteiger charge is -1.95. The van der Waals surface area contributed by atoms with Gasteiger partial charge in [-0.3, -0.25) is 9.59 Å². The van der Waals surface area contributed by atoms with Crippen molar-refractivity contribution in [3.05, 3.63) is 33.5 Å². The lowest BCUT2D eigenvalue weighted by molar-refractivity contribution is 0.0965. The lowest BCUT2D eigenvalue weighted by Crippen LogP contribution is -2.15. The van der Waals surface area contributed by atoms with Crippen LogP contribution < -0.4 is 5.73 Å². The first-order valence-electron chi connectivity index (χ1n) is 3.65. The third-order valence-corrected chi connectivity index (χ3v) is 1.67. The molecule has 0 aliphatic heterocycles. The molecule has 0 bridgehead atoms. The van der Waals surface area contributed by atoms with Crippen LogP contribution in [-0.2, 0) is 0 Å².